The Balaban J connectivity index is 2.09. The average Bonchev–Trinajstić information content (AvgIpc) is 3.04. The van der Waals surface area contributed by atoms with E-state index in [0.29, 0.717) is 49.3 Å². The standard InChI is InChI=1S/C34H48O7P2S/c1-7-42(8-2,9-3,26-28-19-15-13-16-20-28)40-33(35)30-23-31(25-32(24-30)44(37,38)39)34(36)41-43(10-4,11-5,12-6)27-29-21-17-14-18-22-29/h13-25H,7-12,26-27H2,1-6H3,(H,37,38,39). The Labute approximate surface area is 263 Å². The minimum atomic E-state index is -4.76. The van der Waals surface area contributed by atoms with Crippen molar-refractivity contribution in [1.82, 2.24) is 0 Å². The molecule has 0 aromatic heterocycles. The summed E-state index contributed by atoms with van der Waals surface area (Å²) in [6.07, 6.45) is 5.03. The van der Waals surface area contributed by atoms with E-state index in [1.807, 2.05) is 102 Å². The number of hydrogen-bond acceptors (Lipinski definition) is 6. The van der Waals surface area contributed by atoms with Crippen LogP contribution in [0.1, 0.15) is 73.4 Å². The van der Waals surface area contributed by atoms with E-state index in [2.05, 4.69) is 0 Å². The third-order valence-corrected chi connectivity index (χ3v) is 24.1. The van der Waals surface area contributed by atoms with Crippen LogP contribution in [0.15, 0.2) is 83.8 Å². The molecule has 0 aliphatic carbocycles. The summed E-state index contributed by atoms with van der Waals surface area (Å²) in [5.74, 6) is -1.43. The topological polar surface area (TPSA) is 107 Å². The molecule has 0 saturated heterocycles. The van der Waals surface area contributed by atoms with Crippen LogP contribution in [0.5, 0.6) is 0 Å². The molecule has 0 amide bonds. The second-order valence-corrected chi connectivity index (χ2v) is 25.5. The molecule has 0 aliphatic rings. The molecule has 0 saturated carbocycles. The van der Waals surface area contributed by atoms with E-state index in [0.717, 1.165) is 23.3 Å². The molecule has 0 aliphatic heterocycles. The summed E-state index contributed by atoms with van der Waals surface area (Å²) in [6.45, 7) is 5.85. The predicted octanol–water partition coefficient (Wildman–Crippen LogP) is 8.70. The van der Waals surface area contributed by atoms with E-state index >= 15 is 0 Å². The maximum atomic E-state index is 13.9. The van der Waals surface area contributed by atoms with Gasteiger partial charge in [-0.1, -0.05) is 0 Å². The number of rotatable bonds is 15. The second-order valence-electron chi connectivity index (χ2n) is 11.9. The third kappa shape index (κ3) is 7.59. The molecule has 3 aromatic carbocycles. The van der Waals surface area contributed by atoms with Gasteiger partial charge in [0.1, 0.15) is 0 Å². The van der Waals surface area contributed by atoms with Crippen molar-refractivity contribution in [2.45, 2.75) is 58.8 Å². The number of hydrogen-bond donors (Lipinski definition) is 1. The zero-order chi connectivity index (χ0) is 32.7. The van der Waals surface area contributed by atoms with Crippen LogP contribution in [-0.4, -0.2) is 61.9 Å². The minimum absolute atomic E-state index is 0.114. The fourth-order valence-electron chi connectivity index (χ4n) is 6.11. The Morgan fingerprint density at radius 3 is 1.18 bits per heavy atom. The summed E-state index contributed by atoms with van der Waals surface area (Å²) in [7, 11) is -4.76. The van der Waals surface area contributed by atoms with Crippen LogP contribution >= 0.6 is 13.7 Å². The van der Waals surface area contributed by atoms with Crippen molar-refractivity contribution in [2.75, 3.05) is 37.0 Å². The normalized spacial score (nSPS) is 14.1. The fraction of sp³-hybridized carbons (Fsp3) is 0.412. The van der Waals surface area contributed by atoms with Gasteiger partial charge in [0.05, 0.1) is 0 Å². The summed E-state index contributed by atoms with van der Waals surface area (Å²) in [6, 6.07) is 23.2. The van der Waals surface area contributed by atoms with Gasteiger partial charge in [-0.25, -0.2) is 0 Å². The fourth-order valence-corrected chi connectivity index (χ4v) is 15.0. The molecule has 10 heteroatoms. The van der Waals surface area contributed by atoms with Crippen LogP contribution in [0.4, 0.5) is 0 Å². The van der Waals surface area contributed by atoms with Crippen LogP contribution in [0.25, 0.3) is 0 Å². The first-order chi connectivity index (χ1) is 20.7. The Morgan fingerprint density at radius 1 is 0.591 bits per heavy atom. The number of benzene rings is 3. The molecule has 0 radical (unpaired) electrons. The molecule has 3 aromatic rings. The van der Waals surface area contributed by atoms with E-state index in [4.69, 9.17) is 9.05 Å². The second kappa shape index (κ2) is 13.8. The van der Waals surface area contributed by atoms with Gasteiger partial charge in [-0.2, -0.15) is 0 Å². The Morgan fingerprint density at radius 2 is 0.909 bits per heavy atom. The molecule has 0 spiro atoms. The van der Waals surface area contributed by atoms with Crippen molar-refractivity contribution in [1.29, 1.82) is 0 Å². The molecular weight excluding hydrogens is 614 g/mol. The summed E-state index contributed by atoms with van der Waals surface area (Å²) < 4.78 is 47.8. The van der Waals surface area contributed by atoms with Crippen molar-refractivity contribution in [3.05, 3.63) is 101 Å². The molecule has 44 heavy (non-hydrogen) atoms. The zero-order valence-electron chi connectivity index (χ0n) is 26.9. The predicted molar refractivity (Wildman–Crippen MR) is 184 cm³/mol. The van der Waals surface area contributed by atoms with Gasteiger partial charge in [-0.15, -0.1) is 0 Å². The number of carbonyl (C=O) groups is 2. The van der Waals surface area contributed by atoms with Gasteiger partial charge < -0.3 is 0 Å². The number of carbonyl (C=O) groups excluding carboxylic acids is 2. The summed E-state index contributed by atoms with van der Waals surface area (Å²) >= 11 is 0. The third-order valence-electron chi connectivity index (χ3n) is 10.0. The van der Waals surface area contributed by atoms with Gasteiger partial charge in [0.15, 0.2) is 0 Å². The van der Waals surface area contributed by atoms with E-state index in [1.54, 1.807) is 0 Å². The molecule has 0 heterocycles. The molecular formula is C34H48O7P2S. The molecule has 1 N–H and O–H groups in total. The first kappa shape index (κ1) is 35.8. The first-order valence-corrected chi connectivity index (χ1v) is 22.7. The molecule has 0 unspecified atom stereocenters. The molecule has 242 valence electrons. The summed E-state index contributed by atoms with van der Waals surface area (Å²) in [5.41, 5.74) is 1.89. The van der Waals surface area contributed by atoms with Crippen LogP contribution in [-0.2, 0) is 31.5 Å². The van der Waals surface area contributed by atoms with Crippen LogP contribution in [0.2, 0.25) is 0 Å². The molecule has 0 fully saturated rings. The Bertz CT molecular complexity index is 1440. The zero-order valence-corrected chi connectivity index (χ0v) is 29.5. The van der Waals surface area contributed by atoms with Gasteiger partial charge in [-0.3, -0.25) is 0 Å². The van der Waals surface area contributed by atoms with Gasteiger partial charge in [0.25, 0.3) is 0 Å². The summed E-state index contributed by atoms with van der Waals surface area (Å²) in [5, 5.41) is 0. The molecule has 0 atom stereocenters. The van der Waals surface area contributed by atoms with Gasteiger partial charge in [-0.05, 0) is 0 Å². The van der Waals surface area contributed by atoms with Crippen LogP contribution < -0.4 is 0 Å². The van der Waals surface area contributed by atoms with Crippen molar-refractivity contribution in [3.63, 3.8) is 0 Å². The van der Waals surface area contributed by atoms with E-state index in [-0.39, 0.29) is 11.1 Å². The van der Waals surface area contributed by atoms with Gasteiger partial charge in [0, 0.05) is 0 Å². The maximum absolute atomic E-state index is 13.9. The van der Waals surface area contributed by atoms with E-state index < -0.39 is 40.6 Å². The van der Waals surface area contributed by atoms with Crippen LogP contribution in [0.3, 0.4) is 0 Å². The quantitative estimate of drug-likeness (QED) is 0.128. The van der Waals surface area contributed by atoms with Crippen molar-refractivity contribution < 1.29 is 31.6 Å². The molecule has 7 nitrogen and oxygen atoms in total. The van der Waals surface area contributed by atoms with E-state index in [9.17, 15) is 22.6 Å². The monoisotopic (exact) mass is 662 g/mol. The SMILES string of the molecule is CCP(CC)(CC)(Cc1ccccc1)OC(=O)c1cc(C(=O)OP(CC)(CC)(CC)Cc2ccccc2)cc(S(=O)(=O)O)c1. The Kier molecular flexibility index (Phi) is 11.2. The summed E-state index contributed by atoms with van der Waals surface area (Å²) in [4.78, 5) is 27.3. The van der Waals surface area contributed by atoms with Crippen molar-refractivity contribution >= 4 is 35.7 Å². The van der Waals surface area contributed by atoms with Crippen molar-refractivity contribution in [2.24, 2.45) is 0 Å². The van der Waals surface area contributed by atoms with Gasteiger partial charge >= 0.3 is 264 Å². The first-order valence-electron chi connectivity index (χ1n) is 15.4. The molecule has 3 rings (SSSR count). The molecule has 0 bridgehead atoms. The van der Waals surface area contributed by atoms with Crippen molar-refractivity contribution in [3.8, 4) is 0 Å². The van der Waals surface area contributed by atoms with Crippen LogP contribution in [0, 0.1) is 0 Å². The van der Waals surface area contributed by atoms with Gasteiger partial charge in [0.2, 0.25) is 0 Å². The Hall–Kier alpha value is -2.63. The van der Waals surface area contributed by atoms with E-state index in [1.165, 1.54) is 6.07 Å². The average molecular weight is 663 g/mol.